The summed E-state index contributed by atoms with van der Waals surface area (Å²) >= 11 is 2.26. The van der Waals surface area contributed by atoms with Crippen LogP contribution in [0, 0.1) is 46.0 Å². The number of hydrogen-bond acceptors (Lipinski definition) is 2. The Hall–Kier alpha value is -1.17. The fourth-order valence-corrected chi connectivity index (χ4v) is 5.71. The molecule has 2 amide bonds. The second kappa shape index (κ2) is 4.22. The molecule has 1 aromatic carbocycles. The van der Waals surface area contributed by atoms with Gasteiger partial charge in [-0.2, -0.15) is 0 Å². The van der Waals surface area contributed by atoms with Crippen molar-refractivity contribution in [3.8, 4) is 0 Å². The number of halogens is 1. The zero-order valence-electron chi connectivity index (χ0n) is 12.2. The maximum absolute atomic E-state index is 13.0. The number of carbonyl (C=O) groups is 2. The van der Waals surface area contributed by atoms with Crippen molar-refractivity contribution in [1.29, 1.82) is 0 Å². The molecule has 112 valence electrons. The van der Waals surface area contributed by atoms with Crippen molar-refractivity contribution in [2.75, 3.05) is 4.90 Å². The first kappa shape index (κ1) is 13.3. The second-order valence-corrected chi connectivity index (χ2v) is 8.34. The highest BCUT2D eigenvalue weighted by atomic mass is 127. The lowest BCUT2D eigenvalue weighted by molar-refractivity contribution is -0.124. The Morgan fingerprint density at radius 1 is 1.05 bits per heavy atom. The average molecular weight is 405 g/mol. The number of rotatable bonds is 1. The molecule has 6 atom stereocenters. The molecule has 1 saturated heterocycles. The van der Waals surface area contributed by atoms with Crippen molar-refractivity contribution < 1.29 is 9.59 Å². The molecule has 6 rings (SSSR count). The van der Waals surface area contributed by atoms with Crippen LogP contribution in [-0.4, -0.2) is 11.8 Å². The minimum atomic E-state index is -0.107. The van der Waals surface area contributed by atoms with Crippen LogP contribution in [-0.2, 0) is 9.59 Å². The molecule has 4 heteroatoms. The third-order valence-electron chi connectivity index (χ3n) is 6.06. The third-order valence-corrected chi connectivity index (χ3v) is 6.73. The number of aryl methyl sites for hydroxylation is 1. The van der Waals surface area contributed by atoms with Gasteiger partial charge in [0.25, 0.3) is 0 Å². The summed E-state index contributed by atoms with van der Waals surface area (Å²) < 4.78 is 1.12. The Morgan fingerprint density at radius 3 is 2.18 bits per heavy atom. The summed E-state index contributed by atoms with van der Waals surface area (Å²) in [5, 5.41) is 0. The van der Waals surface area contributed by atoms with E-state index in [0.29, 0.717) is 23.7 Å². The van der Waals surface area contributed by atoms with E-state index < -0.39 is 0 Å². The number of hydrogen-bond donors (Lipinski definition) is 0. The fourth-order valence-electron chi connectivity index (χ4n) is 5.06. The molecule has 4 aliphatic carbocycles. The Morgan fingerprint density at radius 2 is 1.64 bits per heavy atom. The standard InChI is InChI=1S/C18H16INO2/c1-8-6-9(19)2-5-14(8)20-17(21)15-10-3-4-11(13-7-12(10)13)16(15)18(20)22/h2-6,10-13,15-16H,7H2,1H3/t10-,11-,12-,13+,15+,16+/m0/s1. The van der Waals surface area contributed by atoms with Gasteiger partial charge in [0, 0.05) is 3.57 Å². The number of allylic oxidation sites excluding steroid dienone is 2. The van der Waals surface area contributed by atoms with Crippen LogP contribution in [0.2, 0.25) is 0 Å². The van der Waals surface area contributed by atoms with Gasteiger partial charge in [-0.1, -0.05) is 12.2 Å². The fraction of sp³-hybridized carbons (Fsp3) is 0.444. The molecular formula is C18H16INO2. The van der Waals surface area contributed by atoms with Gasteiger partial charge in [-0.15, -0.1) is 0 Å². The van der Waals surface area contributed by atoms with Crippen LogP contribution in [0.5, 0.6) is 0 Å². The van der Waals surface area contributed by atoms with E-state index in [9.17, 15) is 9.59 Å². The zero-order chi connectivity index (χ0) is 15.2. The van der Waals surface area contributed by atoms with Gasteiger partial charge < -0.3 is 0 Å². The van der Waals surface area contributed by atoms with Crippen molar-refractivity contribution in [2.45, 2.75) is 13.3 Å². The summed E-state index contributed by atoms with van der Waals surface area (Å²) in [6.07, 6.45) is 5.64. The lowest BCUT2D eigenvalue weighted by Gasteiger charge is -2.37. The molecule has 3 nitrogen and oxygen atoms in total. The molecule has 5 aliphatic rings. The zero-order valence-corrected chi connectivity index (χ0v) is 14.4. The molecule has 3 fully saturated rings. The van der Waals surface area contributed by atoms with Crippen LogP contribution in [0.4, 0.5) is 5.69 Å². The Labute approximate surface area is 142 Å². The largest absolute Gasteiger partial charge is 0.274 e. The summed E-state index contributed by atoms with van der Waals surface area (Å²) in [4.78, 5) is 27.5. The summed E-state index contributed by atoms with van der Waals surface area (Å²) in [5.41, 5.74) is 1.77. The summed E-state index contributed by atoms with van der Waals surface area (Å²) in [6, 6.07) is 5.92. The minimum absolute atomic E-state index is 0.0315. The Kier molecular flexibility index (Phi) is 2.55. The van der Waals surface area contributed by atoms with Crippen LogP contribution in [0.25, 0.3) is 0 Å². The molecule has 1 heterocycles. The van der Waals surface area contributed by atoms with Crippen molar-refractivity contribution >= 4 is 40.1 Å². The summed E-state index contributed by atoms with van der Waals surface area (Å²) in [6.45, 7) is 1.98. The van der Waals surface area contributed by atoms with Gasteiger partial charge >= 0.3 is 0 Å². The Balaban J connectivity index is 1.60. The molecule has 0 aromatic heterocycles. The first-order chi connectivity index (χ1) is 10.6. The van der Waals surface area contributed by atoms with Gasteiger partial charge in [-0.25, -0.2) is 4.90 Å². The van der Waals surface area contributed by atoms with Crippen LogP contribution in [0.1, 0.15) is 12.0 Å². The Bertz CT molecular complexity index is 719. The summed E-state index contributed by atoms with van der Waals surface area (Å²) in [5.74, 6) is 1.76. The monoisotopic (exact) mass is 405 g/mol. The molecular weight excluding hydrogens is 389 g/mol. The number of imide groups is 1. The lowest BCUT2D eigenvalue weighted by Crippen LogP contribution is -2.40. The minimum Gasteiger partial charge on any atom is -0.274 e. The predicted molar refractivity (Wildman–Crippen MR) is 91.1 cm³/mol. The van der Waals surface area contributed by atoms with Crippen molar-refractivity contribution in [3.05, 3.63) is 39.5 Å². The maximum atomic E-state index is 13.0. The average Bonchev–Trinajstić information content (AvgIpc) is 3.26. The van der Waals surface area contributed by atoms with Gasteiger partial charge in [0.15, 0.2) is 0 Å². The van der Waals surface area contributed by atoms with E-state index in [1.165, 1.54) is 11.3 Å². The molecule has 0 unspecified atom stereocenters. The molecule has 2 bridgehead atoms. The van der Waals surface area contributed by atoms with Crippen molar-refractivity contribution in [3.63, 3.8) is 0 Å². The molecule has 2 saturated carbocycles. The predicted octanol–water partition coefficient (Wildman–Crippen LogP) is 3.16. The van der Waals surface area contributed by atoms with Crippen molar-refractivity contribution in [2.24, 2.45) is 35.5 Å². The first-order valence-electron chi connectivity index (χ1n) is 7.90. The molecule has 0 spiro atoms. The summed E-state index contributed by atoms with van der Waals surface area (Å²) in [7, 11) is 0. The molecule has 0 N–H and O–H groups in total. The number of amides is 2. The lowest BCUT2D eigenvalue weighted by atomic mass is 9.63. The topological polar surface area (TPSA) is 37.4 Å². The van der Waals surface area contributed by atoms with Gasteiger partial charge in [0.1, 0.15) is 0 Å². The third kappa shape index (κ3) is 1.52. The quantitative estimate of drug-likeness (QED) is 0.409. The van der Waals surface area contributed by atoms with Crippen LogP contribution < -0.4 is 4.90 Å². The van der Waals surface area contributed by atoms with Gasteiger partial charge in [-0.05, 0) is 83.4 Å². The van der Waals surface area contributed by atoms with Gasteiger partial charge in [0.2, 0.25) is 11.8 Å². The van der Waals surface area contributed by atoms with E-state index in [-0.39, 0.29) is 23.7 Å². The van der Waals surface area contributed by atoms with E-state index in [4.69, 9.17) is 0 Å². The SMILES string of the molecule is Cc1cc(I)ccc1N1C(=O)[C@@H]2[C@H]3C=C[C@@H]([C@@H]4C[C@H]34)[C@H]2C1=O. The number of carbonyl (C=O) groups excluding carboxylic acids is 2. The molecule has 1 aliphatic heterocycles. The normalized spacial score (nSPS) is 40.9. The van der Waals surface area contributed by atoms with E-state index in [1.54, 1.807) is 0 Å². The number of nitrogens with zero attached hydrogens (tertiary/aromatic N) is 1. The van der Waals surface area contributed by atoms with E-state index in [2.05, 4.69) is 34.7 Å². The van der Waals surface area contributed by atoms with Crippen LogP contribution in [0.3, 0.4) is 0 Å². The molecule has 1 aromatic rings. The molecule has 22 heavy (non-hydrogen) atoms. The van der Waals surface area contributed by atoms with E-state index in [0.717, 1.165) is 14.8 Å². The van der Waals surface area contributed by atoms with Crippen LogP contribution >= 0.6 is 22.6 Å². The second-order valence-electron chi connectivity index (χ2n) is 7.10. The maximum Gasteiger partial charge on any atom is 0.238 e. The van der Waals surface area contributed by atoms with Gasteiger partial charge in [0.05, 0.1) is 17.5 Å². The van der Waals surface area contributed by atoms with E-state index >= 15 is 0 Å². The smallest absolute Gasteiger partial charge is 0.238 e. The number of benzene rings is 1. The van der Waals surface area contributed by atoms with Crippen molar-refractivity contribution in [1.82, 2.24) is 0 Å². The van der Waals surface area contributed by atoms with E-state index in [1.807, 2.05) is 25.1 Å². The number of anilines is 1. The highest BCUT2D eigenvalue weighted by molar-refractivity contribution is 14.1. The highest BCUT2D eigenvalue weighted by Crippen LogP contribution is 2.65. The first-order valence-corrected chi connectivity index (χ1v) is 8.98. The van der Waals surface area contributed by atoms with Crippen LogP contribution in [0.15, 0.2) is 30.4 Å². The highest BCUT2D eigenvalue weighted by Gasteiger charge is 2.67. The van der Waals surface area contributed by atoms with Gasteiger partial charge in [-0.3, -0.25) is 9.59 Å². The molecule has 0 radical (unpaired) electrons.